The largest absolute Gasteiger partial charge is 0.419 e. The lowest BCUT2D eigenvalue weighted by Gasteiger charge is -2.07. The molecule has 0 saturated heterocycles. The molecular weight excluding hydrogens is 244 g/mol. The summed E-state index contributed by atoms with van der Waals surface area (Å²) in [6.07, 6.45) is -4.32. The predicted octanol–water partition coefficient (Wildman–Crippen LogP) is 3.82. The van der Waals surface area contributed by atoms with Gasteiger partial charge < -0.3 is 0 Å². The van der Waals surface area contributed by atoms with Gasteiger partial charge in [0.1, 0.15) is 5.82 Å². The average Bonchev–Trinajstić information content (AvgIpc) is 2.19. The summed E-state index contributed by atoms with van der Waals surface area (Å²) in [6, 6.07) is 2.65. The third-order valence-electron chi connectivity index (χ3n) is 1.72. The second-order valence-electron chi connectivity index (χ2n) is 2.93. The van der Waals surface area contributed by atoms with Crippen LogP contribution in [0.1, 0.15) is 17.5 Å². The van der Waals surface area contributed by atoms with Crippen molar-refractivity contribution < 1.29 is 17.6 Å². The van der Waals surface area contributed by atoms with Crippen LogP contribution in [0.3, 0.4) is 0 Å². The minimum atomic E-state index is -4.70. The summed E-state index contributed by atoms with van der Waals surface area (Å²) < 4.78 is 49.8. The molecule has 0 nitrogen and oxygen atoms in total. The van der Waals surface area contributed by atoms with E-state index in [-0.39, 0.29) is 5.56 Å². The zero-order chi connectivity index (χ0) is 12.2. The quantitative estimate of drug-likeness (QED) is 0.404. The molecule has 0 spiro atoms. The Balaban J connectivity index is 3.05. The van der Waals surface area contributed by atoms with Crippen molar-refractivity contribution in [1.29, 1.82) is 0 Å². The van der Waals surface area contributed by atoms with Crippen molar-refractivity contribution in [3.63, 3.8) is 0 Å². The highest BCUT2D eigenvalue weighted by Crippen LogP contribution is 2.31. The molecule has 1 aromatic rings. The zero-order valence-corrected chi connectivity index (χ0v) is 8.79. The first-order valence-corrected chi connectivity index (χ1v) is 4.90. The van der Waals surface area contributed by atoms with Crippen LogP contribution < -0.4 is 0 Å². The van der Waals surface area contributed by atoms with Gasteiger partial charge in [-0.2, -0.15) is 13.2 Å². The fraction of sp³-hybridized carbons (Fsp3) is 0.273. The SMILES string of the molecule is Fc1ccc(C#CCCCl)cc1C(F)(F)F. The van der Waals surface area contributed by atoms with Gasteiger partial charge in [0, 0.05) is 17.9 Å². The highest BCUT2D eigenvalue weighted by Gasteiger charge is 2.34. The smallest absolute Gasteiger partial charge is 0.206 e. The molecule has 0 heterocycles. The van der Waals surface area contributed by atoms with E-state index in [1.165, 1.54) is 6.07 Å². The van der Waals surface area contributed by atoms with Gasteiger partial charge in [0.15, 0.2) is 0 Å². The summed E-state index contributed by atoms with van der Waals surface area (Å²) in [4.78, 5) is 0. The number of hydrogen-bond acceptors (Lipinski definition) is 0. The molecule has 0 aromatic heterocycles. The Morgan fingerprint density at radius 2 is 1.94 bits per heavy atom. The number of hydrogen-bond donors (Lipinski definition) is 0. The molecule has 0 unspecified atom stereocenters. The highest BCUT2D eigenvalue weighted by atomic mass is 35.5. The van der Waals surface area contributed by atoms with Crippen LogP contribution in [0.2, 0.25) is 0 Å². The van der Waals surface area contributed by atoms with Crippen LogP contribution in [-0.4, -0.2) is 5.88 Å². The van der Waals surface area contributed by atoms with Gasteiger partial charge in [-0.25, -0.2) is 4.39 Å². The highest BCUT2D eigenvalue weighted by molar-refractivity contribution is 6.18. The first-order valence-electron chi connectivity index (χ1n) is 4.36. The molecule has 0 atom stereocenters. The Bertz CT molecular complexity index is 426. The molecule has 0 radical (unpaired) electrons. The van der Waals surface area contributed by atoms with Crippen molar-refractivity contribution in [2.75, 3.05) is 5.88 Å². The Morgan fingerprint density at radius 3 is 2.50 bits per heavy atom. The van der Waals surface area contributed by atoms with E-state index in [2.05, 4.69) is 11.8 Å². The lowest BCUT2D eigenvalue weighted by molar-refractivity contribution is -0.140. The summed E-state index contributed by atoms with van der Waals surface area (Å²) in [5.41, 5.74) is -1.18. The maximum absolute atomic E-state index is 12.9. The molecule has 0 aliphatic carbocycles. The van der Waals surface area contributed by atoms with Gasteiger partial charge in [0.05, 0.1) is 5.56 Å². The lowest BCUT2D eigenvalue weighted by atomic mass is 10.1. The molecule has 16 heavy (non-hydrogen) atoms. The molecule has 0 N–H and O–H groups in total. The van der Waals surface area contributed by atoms with Crippen LogP contribution in [0.5, 0.6) is 0 Å². The first-order chi connectivity index (χ1) is 7.45. The number of benzene rings is 1. The summed E-state index contributed by atoms with van der Waals surface area (Å²) >= 11 is 5.35. The molecule has 0 fully saturated rings. The summed E-state index contributed by atoms with van der Waals surface area (Å²) in [6.45, 7) is 0. The van der Waals surface area contributed by atoms with Crippen LogP contribution >= 0.6 is 11.6 Å². The Hall–Kier alpha value is -1.21. The second kappa shape index (κ2) is 5.22. The molecule has 1 aromatic carbocycles. The van der Waals surface area contributed by atoms with Gasteiger partial charge >= 0.3 is 6.18 Å². The Kier molecular flexibility index (Phi) is 4.19. The van der Waals surface area contributed by atoms with Gasteiger partial charge in [-0.05, 0) is 18.2 Å². The van der Waals surface area contributed by atoms with E-state index in [0.717, 1.165) is 6.07 Å². The van der Waals surface area contributed by atoms with Crippen LogP contribution in [-0.2, 0) is 6.18 Å². The number of alkyl halides is 4. The molecule has 0 bridgehead atoms. The van der Waals surface area contributed by atoms with Crippen LogP contribution in [0, 0.1) is 17.7 Å². The number of rotatable bonds is 1. The topological polar surface area (TPSA) is 0 Å². The summed E-state index contributed by atoms with van der Waals surface area (Å²) in [5, 5.41) is 0. The summed E-state index contributed by atoms with van der Waals surface area (Å²) in [7, 11) is 0. The third kappa shape index (κ3) is 3.42. The van der Waals surface area contributed by atoms with E-state index < -0.39 is 17.6 Å². The standard InChI is InChI=1S/C11H7ClF4/c12-6-2-1-3-8-4-5-10(13)9(7-8)11(14,15)16/h4-5,7H,2,6H2. The van der Waals surface area contributed by atoms with E-state index in [1.54, 1.807) is 0 Å². The Morgan fingerprint density at radius 1 is 1.25 bits per heavy atom. The van der Waals surface area contributed by atoms with Crippen LogP contribution in [0.25, 0.3) is 0 Å². The fourth-order valence-corrected chi connectivity index (χ4v) is 1.13. The van der Waals surface area contributed by atoms with Crippen molar-refractivity contribution in [3.05, 3.63) is 35.1 Å². The molecular formula is C11H7ClF4. The second-order valence-corrected chi connectivity index (χ2v) is 3.31. The number of halogens is 5. The van der Waals surface area contributed by atoms with Gasteiger partial charge in [0.2, 0.25) is 0 Å². The van der Waals surface area contributed by atoms with Crippen molar-refractivity contribution >= 4 is 11.6 Å². The van der Waals surface area contributed by atoms with Crippen molar-refractivity contribution in [2.45, 2.75) is 12.6 Å². The van der Waals surface area contributed by atoms with E-state index in [4.69, 9.17) is 11.6 Å². The molecule has 86 valence electrons. The molecule has 0 saturated carbocycles. The van der Waals surface area contributed by atoms with Gasteiger partial charge in [0.25, 0.3) is 0 Å². The minimum absolute atomic E-state index is 0.124. The average molecular weight is 251 g/mol. The normalized spacial score (nSPS) is 10.8. The van der Waals surface area contributed by atoms with Crippen LogP contribution in [0.4, 0.5) is 17.6 Å². The molecule has 0 aliphatic heterocycles. The van der Waals surface area contributed by atoms with Crippen molar-refractivity contribution in [2.24, 2.45) is 0 Å². The van der Waals surface area contributed by atoms with E-state index in [9.17, 15) is 17.6 Å². The van der Waals surface area contributed by atoms with Gasteiger partial charge in [-0.1, -0.05) is 11.8 Å². The van der Waals surface area contributed by atoms with E-state index >= 15 is 0 Å². The minimum Gasteiger partial charge on any atom is -0.206 e. The molecule has 0 aliphatic rings. The predicted molar refractivity (Wildman–Crippen MR) is 53.6 cm³/mol. The third-order valence-corrected chi connectivity index (χ3v) is 1.91. The lowest BCUT2D eigenvalue weighted by Crippen LogP contribution is -2.08. The monoisotopic (exact) mass is 250 g/mol. The summed E-state index contributed by atoms with van der Waals surface area (Å²) in [5.74, 6) is 4.07. The van der Waals surface area contributed by atoms with Crippen molar-refractivity contribution in [1.82, 2.24) is 0 Å². The molecule has 1 rings (SSSR count). The van der Waals surface area contributed by atoms with Crippen LogP contribution in [0.15, 0.2) is 18.2 Å². The molecule has 5 heteroatoms. The maximum atomic E-state index is 12.9. The van der Waals surface area contributed by atoms with E-state index in [1.807, 2.05) is 0 Å². The first kappa shape index (κ1) is 12.9. The van der Waals surface area contributed by atoms with Gasteiger partial charge in [-0.15, -0.1) is 11.6 Å². The zero-order valence-electron chi connectivity index (χ0n) is 8.04. The van der Waals surface area contributed by atoms with E-state index in [0.29, 0.717) is 18.4 Å². The Labute approximate surface area is 95.2 Å². The van der Waals surface area contributed by atoms with Gasteiger partial charge in [-0.3, -0.25) is 0 Å². The fourth-order valence-electron chi connectivity index (χ4n) is 1.03. The maximum Gasteiger partial charge on any atom is 0.419 e. The van der Waals surface area contributed by atoms with Crippen molar-refractivity contribution in [3.8, 4) is 11.8 Å². The molecule has 0 amide bonds.